The molecule has 0 radical (unpaired) electrons. The molecule has 2 fully saturated rings. The van der Waals surface area contributed by atoms with Crippen molar-refractivity contribution in [2.75, 3.05) is 33.0 Å². The third-order valence-electron chi connectivity index (χ3n) is 8.14. The monoisotopic (exact) mass is 770 g/mol. The maximum absolute atomic E-state index is 12.4. The van der Waals surface area contributed by atoms with Gasteiger partial charge in [0, 0.05) is 40.2 Å². The van der Waals surface area contributed by atoms with E-state index < -0.39 is 104 Å². The Hall–Kier alpha value is -4.56. The van der Waals surface area contributed by atoms with Crippen molar-refractivity contribution in [3.8, 4) is 0 Å². The van der Waals surface area contributed by atoms with Crippen molar-refractivity contribution in [3.05, 3.63) is 35.9 Å². The van der Waals surface area contributed by atoms with Crippen LogP contribution >= 0.6 is 0 Å². The van der Waals surface area contributed by atoms with Crippen molar-refractivity contribution in [2.24, 2.45) is 11.7 Å². The van der Waals surface area contributed by atoms with Gasteiger partial charge in [-0.15, -0.1) is 0 Å². The molecule has 2 aliphatic rings. The Labute approximate surface area is 312 Å². The third kappa shape index (κ3) is 14.0. The summed E-state index contributed by atoms with van der Waals surface area (Å²) in [6, 6.07) is 9.20. The van der Waals surface area contributed by atoms with Crippen LogP contribution in [0.5, 0.6) is 0 Å². The fraction of sp³-hybridized carbons (Fsp3) is 0.657. The number of hydrogen-bond acceptors (Lipinski definition) is 17. The minimum Gasteiger partial charge on any atom is -0.463 e. The molecule has 54 heavy (non-hydrogen) atoms. The van der Waals surface area contributed by atoms with E-state index in [0.29, 0.717) is 6.42 Å². The number of carbonyl (C=O) groups is 6. The first-order valence-corrected chi connectivity index (χ1v) is 17.4. The summed E-state index contributed by atoms with van der Waals surface area (Å²) < 4.78 is 62.5. The largest absolute Gasteiger partial charge is 0.463 e. The van der Waals surface area contributed by atoms with Gasteiger partial charge in [-0.2, -0.15) is 0 Å². The van der Waals surface area contributed by atoms with Crippen molar-refractivity contribution in [1.29, 1.82) is 0 Å². The van der Waals surface area contributed by atoms with Crippen molar-refractivity contribution < 1.29 is 80.9 Å². The number of benzene rings is 1. The molecule has 3 rings (SSSR count). The van der Waals surface area contributed by atoms with Gasteiger partial charge in [0.1, 0.15) is 31.5 Å². The molecule has 19 heteroatoms. The number of rotatable bonds is 18. The van der Waals surface area contributed by atoms with Crippen LogP contribution in [-0.4, -0.2) is 124 Å². The zero-order valence-corrected chi connectivity index (χ0v) is 31.1. The number of nitrogens with one attached hydrogen (secondary N) is 1. The Bertz CT molecular complexity index is 1400. The van der Waals surface area contributed by atoms with Gasteiger partial charge in [0.15, 0.2) is 30.9 Å². The summed E-state index contributed by atoms with van der Waals surface area (Å²) in [4.78, 5) is 72.7. The Morgan fingerprint density at radius 3 is 1.94 bits per heavy atom. The molecule has 0 aliphatic carbocycles. The van der Waals surface area contributed by atoms with Crippen molar-refractivity contribution >= 4 is 36.1 Å². The van der Waals surface area contributed by atoms with E-state index in [0.717, 1.165) is 26.3 Å². The molecule has 302 valence electrons. The van der Waals surface area contributed by atoms with Gasteiger partial charge < -0.3 is 63.2 Å². The second-order valence-electron chi connectivity index (χ2n) is 12.4. The number of hydrogen-bond donors (Lipinski definition) is 2. The summed E-state index contributed by atoms with van der Waals surface area (Å²) in [6.45, 7) is 7.98. The van der Waals surface area contributed by atoms with Crippen LogP contribution < -0.4 is 11.1 Å². The molecule has 19 nitrogen and oxygen atoms in total. The molecular formula is C35H50N2O17. The third-order valence-corrected chi connectivity index (χ3v) is 8.14. The number of primary amides is 1. The van der Waals surface area contributed by atoms with Crippen LogP contribution in [0.25, 0.3) is 0 Å². The highest BCUT2D eigenvalue weighted by atomic mass is 16.8. The maximum Gasteiger partial charge on any atom is 0.407 e. The summed E-state index contributed by atoms with van der Waals surface area (Å²) in [5.41, 5.74) is 6.20. The number of esters is 4. The van der Waals surface area contributed by atoms with Gasteiger partial charge in [-0.3, -0.25) is 19.2 Å². The first-order chi connectivity index (χ1) is 25.7. The second kappa shape index (κ2) is 22.0. The van der Waals surface area contributed by atoms with Gasteiger partial charge in [-0.05, 0) is 12.0 Å². The number of nitrogens with two attached hydrogens (primary N) is 1. The molecule has 0 unspecified atom stereocenters. The molecule has 1 aromatic rings. The van der Waals surface area contributed by atoms with Crippen LogP contribution in [-0.2, 0) is 77.9 Å². The highest BCUT2D eigenvalue weighted by Gasteiger charge is 2.56. The van der Waals surface area contributed by atoms with E-state index in [-0.39, 0.29) is 33.0 Å². The minimum absolute atomic E-state index is 0.0386. The highest BCUT2D eigenvalue weighted by molar-refractivity contribution is 5.69. The van der Waals surface area contributed by atoms with Crippen LogP contribution in [0.2, 0.25) is 0 Å². The molecule has 0 saturated carbocycles. The lowest BCUT2D eigenvalue weighted by Gasteiger charge is -2.48. The molecule has 1 aromatic carbocycles. The normalized spacial score (nSPS) is 27.8. The van der Waals surface area contributed by atoms with Gasteiger partial charge in [-0.1, -0.05) is 44.2 Å². The minimum atomic E-state index is -1.65. The van der Waals surface area contributed by atoms with Crippen LogP contribution in [0.15, 0.2) is 30.3 Å². The van der Waals surface area contributed by atoms with E-state index in [1.807, 2.05) is 37.3 Å². The van der Waals surface area contributed by atoms with E-state index in [9.17, 15) is 28.8 Å². The molecule has 2 aliphatic heterocycles. The quantitative estimate of drug-likeness (QED) is 0.122. The lowest BCUT2D eigenvalue weighted by atomic mass is 9.88. The number of ether oxygens (including phenoxy) is 11. The molecule has 0 aromatic heterocycles. The predicted octanol–water partition coefficient (Wildman–Crippen LogP) is 1.65. The molecule has 0 spiro atoms. The highest BCUT2D eigenvalue weighted by Crippen LogP contribution is 2.36. The summed E-state index contributed by atoms with van der Waals surface area (Å²) >= 11 is 0. The molecule has 10 atom stereocenters. The lowest BCUT2D eigenvalue weighted by Crippen LogP contribution is -2.65. The van der Waals surface area contributed by atoms with Crippen LogP contribution in [0.3, 0.4) is 0 Å². The zero-order valence-electron chi connectivity index (χ0n) is 31.1. The Kier molecular flexibility index (Phi) is 17.8. The Balaban J connectivity index is 1.78. The maximum atomic E-state index is 12.4. The van der Waals surface area contributed by atoms with Gasteiger partial charge >= 0.3 is 36.1 Å². The number of amides is 2. The van der Waals surface area contributed by atoms with E-state index in [2.05, 4.69) is 5.32 Å². The molecule has 2 amide bonds. The summed E-state index contributed by atoms with van der Waals surface area (Å²) in [7, 11) is 0. The summed E-state index contributed by atoms with van der Waals surface area (Å²) in [6.07, 6.45) is -13.2. The van der Waals surface area contributed by atoms with E-state index in [1.54, 1.807) is 6.92 Å². The smallest absolute Gasteiger partial charge is 0.407 e. The van der Waals surface area contributed by atoms with Crippen molar-refractivity contribution in [1.82, 2.24) is 5.32 Å². The molecule has 0 bridgehead atoms. The predicted molar refractivity (Wildman–Crippen MR) is 181 cm³/mol. The van der Waals surface area contributed by atoms with Gasteiger partial charge in [0.25, 0.3) is 0 Å². The fourth-order valence-corrected chi connectivity index (χ4v) is 5.87. The second-order valence-corrected chi connectivity index (χ2v) is 12.4. The SMILES string of the molecule is CC[C@@H]1O[C@H](OCCOCCNC(=O)OCc2ccccc2)[C@@H](O[C@H]2O[C@H](COC(C)=O)[C@@H](OC(C)=O)[C@@H](OC(N)=O)[C@@H]2OC(C)=O)[C@@H](OC(C)=O)[C@@H]1C. The average molecular weight is 771 g/mol. The molecular weight excluding hydrogens is 720 g/mol. The summed E-state index contributed by atoms with van der Waals surface area (Å²) in [5, 5.41) is 2.59. The van der Waals surface area contributed by atoms with Crippen molar-refractivity contribution in [2.45, 2.75) is 110 Å². The average Bonchev–Trinajstić information content (AvgIpc) is 3.10. The fourth-order valence-electron chi connectivity index (χ4n) is 5.87. The first-order valence-electron chi connectivity index (χ1n) is 17.4. The molecule has 2 heterocycles. The molecule has 3 N–H and O–H groups in total. The molecule has 2 saturated heterocycles. The van der Waals surface area contributed by atoms with Gasteiger partial charge in [-0.25, -0.2) is 9.59 Å². The van der Waals surface area contributed by atoms with E-state index in [4.69, 9.17) is 57.8 Å². The summed E-state index contributed by atoms with van der Waals surface area (Å²) in [5.74, 6) is -3.52. The topological polar surface area (TPSA) is 242 Å². The number of alkyl carbamates (subject to hydrolysis) is 1. The lowest BCUT2D eigenvalue weighted by molar-refractivity contribution is -0.362. The van der Waals surface area contributed by atoms with Gasteiger partial charge in [0.2, 0.25) is 0 Å². The van der Waals surface area contributed by atoms with Crippen LogP contribution in [0, 0.1) is 5.92 Å². The number of carbonyl (C=O) groups excluding carboxylic acids is 6. The van der Waals surface area contributed by atoms with E-state index in [1.165, 1.54) is 6.92 Å². The first kappa shape index (κ1) is 43.8. The van der Waals surface area contributed by atoms with Gasteiger partial charge in [0.05, 0.1) is 25.9 Å². The van der Waals surface area contributed by atoms with E-state index >= 15 is 0 Å². The van der Waals surface area contributed by atoms with Crippen LogP contribution in [0.4, 0.5) is 9.59 Å². The zero-order chi connectivity index (χ0) is 39.8. The van der Waals surface area contributed by atoms with Crippen molar-refractivity contribution in [3.63, 3.8) is 0 Å². The Morgan fingerprint density at radius 2 is 1.33 bits per heavy atom. The van der Waals surface area contributed by atoms with Crippen LogP contribution in [0.1, 0.15) is 53.5 Å². The standard InChI is InChI=1S/C35H50N2O17/c1-7-25-19(2)27(48-21(4)39)30(32(51-25)45-16-15-44-14-13-37-35(43)47-17-24-11-9-8-10-12-24)53-33-31(50-23(6)41)29(54-34(36)42)28(49-22(5)40)26(52-33)18-46-20(3)38/h8-12,19,25-33H,7,13-18H2,1-6H3,(H2,36,42)(H,37,43)/t19-,25+,26-,27+,28-,29-,30+,31+,32+,33-/m1/s1. The Morgan fingerprint density at radius 1 is 0.704 bits per heavy atom.